The number of hydrogen-bond donors (Lipinski definition) is 1. The number of furan rings is 1. The van der Waals surface area contributed by atoms with Gasteiger partial charge < -0.3 is 14.3 Å². The second-order valence-electron chi connectivity index (χ2n) is 3.09. The van der Waals surface area contributed by atoms with E-state index in [0.717, 1.165) is 0 Å². The Kier molecular flexibility index (Phi) is 2.59. The molecule has 2 rings (SSSR count). The van der Waals surface area contributed by atoms with Crippen LogP contribution in [0.15, 0.2) is 35.1 Å². The summed E-state index contributed by atoms with van der Waals surface area (Å²) >= 11 is 0. The van der Waals surface area contributed by atoms with E-state index in [2.05, 4.69) is 4.98 Å². The van der Waals surface area contributed by atoms with Crippen LogP contribution in [0.25, 0.3) is 11.3 Å². The number of methoxy groups -OCH3 is 1. The topological polar surface area (TPSA) is 72.6 Å². The van der Waals surface area contributed by atoms with E-state index in [1.54, 1.807) is 18.3 Å². The predicted molar refractivity (Wildman–Crippen MR) is 55.5 cm³/mol. The minimum atomic E-state index is -1.02. The Morgan fingerprint density at radius 2 is 2.31 bits per heavy atom. The molecule has 1 N–H and O–H groups in total. The summed E-state index contributed by atoms with van der Waals surface area (Å²) in [4.78, 5) is 14.6. The lowest BCUT2D eigenvalue weighted by Gasteiger charge is -1.98. The molecular formula is C11H9NO4. The summed E-state index contributed by atoms with van der Waals surface area (Å²) in [5.41, 5.74) is 0.819. The van der Waals surface area contributed by atoms with Gasteiger partial charge in [0.25, 0.3) is 0 Å². The maximum Gasteiger partial charge on any atom is 0.338 e. The number of ether oxygens (including phenoxy) is 1. The van der Waals surface area contributed by atoms with Gasteiger partial charge in [0, 0.05) is 17.8 Å². The van der Waals surface area contributed by atoms with Crippen molar-refractivity contribution >= 4 is 5.97 Å². The average molecular weight is 219 g/mol. The first-order valence-electron chi connectivity index (χ1n) is 4.53. The minimum Gasteiger partial charge on any atom is -0.481 e. The molecule has 0 saturated heterocycles. The van der Waals surface area contributed by atoms with Crippen molar-refractivity contribution in [2.75, 3.05) is 7.11 Å². The van der Waals surface area contributed by atoms with E-state index in [0.29, 0.717) is 17.2 Å². The Morgan fingerprint density at radius 1 is 1.50 bits per heavy atom. The van der Waals surface area contributed by atoms with Crippen molar-refractivity contribution in [3.05, 3.63) is 36.2 Å². The maximum atomic E-state index is 10.7. The van der Waals surface area contributed by atoms with Gasteiger partial charge in [0.1, 0.15) is 12.0 Å². The Bertz CT molecular complexity index is 501. The number of carbonyl (C=O) groups is 1. The summed E-state index contributed by atoms with van der Waals surface area (Å²) in [5.74, 6) is -0.0576. The van der Waals surface area contributed by atoms with Crippen LogP contribution in [-0.4, -0.2) is 23.2 Å². The SMILES string of the molecule is COc1ccc(-c2cc(C(=O)O)co2)cn1. The highest BCUT2D eigenvalue weighted by molar-refractivity contribution is 5.88. The van der Waals surface area contributed by atoms with Crippen molar-refractivity contribution in [3.8, 4) is 17.2 Å². The Balaban J connectivity index is 2.31. The molecule has 0 aliphatic rings. The molecule has 0 bridgehead atoms. The average Bonchev–Trinajstić information content (AvgIpc) is 2.78. The van der Waals surface area contributed by atoms with Gasteiger partial charge in [-0.2, -0.15) is 0 Å². The molecule has 0 spiro atoms. The lowest BCUT2D eigenvalue weighted by atomic mass is 10.2. The van der Waals surface area contributed by atoms with E-state index in [1.165, 1.54) is 19.4 Å². The fourth-order valence-electron chi connectivity index (χ4n) is 1.25. The van der Waals surface area contributed by atoms with Gasteiger partial charge in [-0.1, -0.05) is 0 Å². The van der Waals surface area contributed by atoms with Crippen LogP contribution in [0.3, 0.4) is 0 Å². The van der Waals surface area contributed by atoms with Crippen LogP contribution in [0.1, 0.15) is 10.4 Å². The zero-order chi connectivity index (χ0) is 11.5. The van der Waals surface area contributed by atoms with E-state index < -0.39 is 5.97 Å². The van der Waals surface area contributed by atoms with Crippen molar-refractivity contribution in [2.45, 2.75) is 0 Å². The monoisotopic (exact) mass is 219 g/mol. The van der Waals surface area contributed by atoms with Gasteiger partial charge in [-0.05, 0) is 12.1 Å². The summed E-state index contributed by atoms with van der Waals surface area (Å²) in [6.45, 7) is 0. The van der Waals surface area contributed by atoms with Gasteiger partial charge in [0.05, 0.1) is 12.7 Å². The molecule has 0 aliphatic carbocycles. The van der Waals surface area contributed by atoms with E-state index in [9.17, 15) is 4.79 Å². The zero-order valence-electron chi connectivity index (χ0n) is 8.51. The lowest BCUT2D eigenvalue weighted by molar-refractivity contribution is 0.0696. The molecule has 2 heterocycles. The summed E-state index contributed by atoms with van der Waals surface area (Å²) in [5, 5.41) is 8.73. The summed E-state index contributed by atoms with van der Waals surface area (Å²) in [6.07, 6.45) is 2.76. The molecule has 2 aromatic rings. The maximum absolute atomic E-state index is 10.7. The molecule has 16 heavy (non-hydrogen) atoms. The highest BCUT2D eigenvalue weighted by Gasteiger charge is 2.09. The van der Waals surface area contributed by atoms with Crippen LogP contribution < -0.4 is 4.74 Å². The number of rotatable bonds is 3. The van der Waals surface area contributed by atoms with Crippen LogP contribution in [0.5, 0.6) is 5.88 Å². The Labute approximate surface area is 91.3 Å². The van der Waals surface area contributed by atoms with Crippen molar-refractivity contribution in [1.29, 1.82) is 0 Å². The van der Waals surface area contributed by atoms with E-state index in [1.807, 2.05) is 0 Å². The predicted octanol–water partition coefficient (Wildman–Crippen LogP) is 2.05. The summed E-state index contributed by atoms with van der Waals surface area (Å²) < 4.78 is 10.0. The quantitative estimate of drug-likeness (QED) is 0.855. The standard InChI is InChI=1S/C11H9NO4/c1-15-10-3-2-7(5-12-10)9-4-8(6-16-9)11(13)14/h2-6H,1H3,(H,13,14). The molecule has 0 amide bonds. The largest absolute Gasteiger partial charge is 0.481 e. The van der Waals surface area contributed by atoms with Gasteiger partial charge in [-0.15, -0.1) is 0 Å². The number of aromatic nitrogens is 1. The molecule has 0 radical (unpaired) electrons. The molecule has 0 fully saturated rings. The molecule has 0 atom stereocenters. The van der Waals surface area contributed by atoms with Crippen LogP contribution in [0.4, 0.5) is 0 Å². The third-order valence-electron chi connectivity index (χ3n) is 2.08. The van der Waals surface area contributed by atoms with Crippen molar-refractivity contribution < 1.29 is 19.1 Å². The molecule has 0 aliphatic heterocycles. The van der Waals surface area contributed by atoms with Gasteiger partial charge in [0.2, 0.25) is 5.88 Å². The van der Waals surface area contributed by atoms with Crippen molar-refractivity contribution in [1.82, 2.24) is 4.98 Å². The molecule has 82 valence electrons. The fraction of sp³-hybridized carbons (Fsp3) is 0.0909. The Hall–Kier alpha value is -2.30. The normalized spacial score (nSPS) is 10.1. The molecule has 5 nitrogen and oxygen atoms in total. The number of aromatic carboxylic acids is 1. The third-order valence-corrected chi connectivity index (χ3v) is 2.08. The molecule has 5 heteroatoms. The zero-order valence-corrected chi connectivity index (χ0v) is 8.51. The number of nitrogens with zero attached hydrogens (tertiary/aromatic N) is 1. The van der Waals surface area contributed by atoms with Crippen LogP contribution in [-0.2, 0) is 0 Å². The van der Waals surface area contributed by atoms with Gasteiger partial charge in [0.15, 0.2) is 0 Å². The fourth-order valence-corrected chi connectivity index (χ4v) is 1.25. The minimum absolute atomic E-state index is 0.116. The Morgan fingerprint density at radius 3 is 2.81 bits per heavy atom. The van der Waals surface area contributed by atoms with Crippen LogP contribution in [0, 0.1) is 0 Å². The number of pyridine rings is 1. The van der Waals surface area contributed by atoms with Crippen LogP contribution in [0.2, 0.25) is 0 Å². The highest BCUT2D eigenvalue weighted by atomic mass is 16.5. The molecule has 0 aromatic carbocycles. The molecule has 0 unspecified atom stereocenters. The molecule has 2 aromatic heterocycles. The number of carboxylic acids is 1. The lowest BCUT2D eigenvalue weighted by Crippen LogP contribution is -1.91. The number of hydrogen-bond acceptors (Lipinski definition) is 4. The molecular weight excluding hydrogens is 210 g/mol. The third kappa shape index (κ3) is 1.88. The highest BCUT2D eigenvalue weighted by Crippen LogP contribution is 2.22. The van der Waals surface area contributed by atoms with Gasteiger partial charge >= 0.3 is 5.97 Å². The van der Waals surface area contributed by atoms with Crippen LogP contribution >= 0.6 is 0 Å². The van der Waals surface area contributed by atoms with Gasteiger partial charge in [-0.25, -0.2) is 9.78 Å². The van der Waals surface area contributed by atoms with E-state index in [-0.39, 0.29) is 5.56 Å². The second-order valence-corrected chi connectivity index (χ2v) is 3.09. The van der Waals surface area contributed by atoms with Gasteiger partial charge in [-0.3, -0.25) is 0 Å². The first kappa shape index (κ1) is 10.2. The first-order chi connectivity index (χ1) is 7.70. The first-order valence-corrected chi connectivity index (χ1v) is 4.53. The summed E-state index contributed by atoms with van der Waals surface area (Å²) in [7, 11) is 1.53. The second kappa shape index (κ2) is 4.06. The molecule has 0 saturated carbocycles. The number of carboxylic acid groups (broad SMARTS) is 1. The smallest absolute Gasteiger partial charge is 0.338 e. The van der Waals surface area contributed by atoms with Crippen molar-refractivity contribution in [2.24, 2.45) is 0 Å². The van der Waals surface area contributed by atoms with Crippen molar-refractivity contribution in [3.63, 3.8) is 0 Å². The summed E-state index contributed by atoms with van der Waals surface area (Å²) in [6, 6.07) is 4.88. The van der Waals surface area contributed by atoms with E-state index in [4.69, 9.17) is 14.3 Å². The van der Waals surface area contributed by atoms with E-state index >= 15 is 0 Å².